The standard InChI is InChI=1S/C15H15N3S/c1-9-4-6-12-13(7-9)18-15(17-12)19-14-8-10(2)3-5-11(14)16/h3-8H,16H2,1-2H3,(H,17,18). The number of anilines is 1. The highest BCUT2D eigenvalue weighted by Gasteiger charge is 2.07. The van der Waals surface area contributed by atoms with E-state index >= 15 is 0 Å². The Hall–Kier alpha value is -1.94. The minimum Gasteiger partial charge on any atom is -0.398 e. The second kappa shape index (κ2) is 4.63. The number of rotatable bonds is 2. The molecule has 3 N–H and O–H groups in total. The van der Waals surface area contributed by atoms with E-state index < -0.39 is 0 Å². The Balaban J connectivity index is 1.98. The number of aromatic nitrogens is 2. The van der Waals surface area contributed by atoms with Gasteiger partial charge in [0.05, 0.1) is 11.0 Å². The van der Waals surface area contributed by atoms with Crippen molar-refractivity contribution >= 4 is 28.5 Å². The summed E-state index contributed by atoms with van der Waals surface area (Å²) in [6.45, 7) is 4.14. The first-order chi connectivity index (χ1) is 9.11. The first-order valence-corrected chi connectivity index (χ1v) is 6.94. The lowest BCUT2D eigenvalue weighted by Crippen LogP contribution is -1.89. The molecule has 3 rings (SSSR count). The monoisotopic (exact) mass is 269 g/mol. The molecular weight excluding hydrogens is 254 g/mol. The molecule has 3 nitrogen and oxygen atoms in total. The summed E-state index contributed by atoms with van der Waals surface area (Å²) in [5.41, 5.74) is 11.2. The summed E-state index contributed by atoms with van der Waals surface area (Å²) in [5, 5.41) is 0.873. The van der Waals surface area contributed by atoms with Crippen molar-refractivity contribution in [3.05, 3.63) is 47.5 Å². The zero-order chi connectivity index (χ0) is 13.4. The van der Waals surface area contributed by atoms with Gasteiger partial charge in [-0.05, 0) is 61.0 Å². The van der Waals surface area contributed by atoms with Crippen LogP contribution in [0.4, 0.5) is 5.69 Å². The van der Waals surface area contributed by atoms with Crippen LogP contribution in [0.3, 0.4) is 0 Å². The molecule has 0 unspecified atom stereocenters. The van der Waals surface area contributed by atoms with Crippen molar-refractivity contribution < 1.29 is 0 Å². The fourth-order valence-electron chi connectivity index (χ4n) is 1.98. The summed E-state index contributed by atoms with van der Waals surface area (Å²) in [6, 6.07) is 12.2. The lowest BCUT2D eigenvalue weighted by molar-refractivity contribution is 1.08. The van der Waals surface area contributed by atoms with E-state index in [2.05, 4.69) is 42.0 Å². The summed E-state index contributed by atoms with van der Waals surface area (Å²) in [7, 11) is 0. The second-order valence-corrected chi connectivity index (χ2v) is 5.74. The summed E-state index contributed by atoms with van der Waals surface area (Å²) in [6.07, 6.45) is 0. The van der Waals surface area contributed by atoms with Crippen LogP contribution in [0.2, 0.25) is 0 Å². The van der Waals surface area contributed by atoms with Crippen LogP contribution in [0.25, 0.3) is 11.0 Å². The van der Waals surface area contributed by atoms with Gasteiger partial charge in [-0.1, -0.05) is 12.1 Å². The number of hydrogen-bond acceptors (Lipinski definition) is 3. The van der Waals surface area contributed by atoms with Crippen LogP contribution >= 0.6 is 11.8 Å². The Kier molecular flexibility index (Phi) is 2.95. The molecule has 0 atom stereocenters. The van der Waals surface area contributed by atoms with Crippen molar-refractivity contribution in [1.29, 1.82) is 0 Å². The molecule has 0 saturated carbocycles. The van der Waals surface area contributed by atoms with Crippen LogP contribution in [-0.4, -0.2) is 9.97 Å². The van der Waals surface area contributed by atoms with E-state index in [1.807, 2.05) is 18.2 Å². The van der Waals surface area contributed by atoms with Crippen molar-refractivity contribution in [2.24, 2.45) is 0 Å². The molecule has 0 amide bonds. The van der Waals surface area contributed by atoms with Crippen molar-refractivity contribution in [3.8, 4) is 0 Å². The van der Waals surface area contributed by atoms with Crippen LogP contribution < -0.4 is 5.73 Å². The minimum absolute atomic E-state index is 0.784. The van der Waals surface area contributed by atoms with Gasteiger partial charge in [-0.2, -0.15) is 0 Å². The first kappa shape index (κ1) is 12.1. The van der Waals surface area contributed by atoms with Gasteiger partial charge < -0.3 is 10.7 Å². The third-order valence-electron chi connectivity index (χ3n) is 2.99. The zero-order valence-corrected chi connectivity index (χ0v) is 11.7. The number of hydrogen-bond donors (Lipinski definition) is 2. The maximum Gasteiger partial charge on any atom is 0.171 e. The van der Waals surface area contributed by atoms with Gasteiger partial charge in [0.15, 0.2) is 5.16 Å². The molecule has 3 aromatic rings. The van der Waals surface area contributed by atoms with Crippen molar-refractivity contribution in [2.45, 2.75) is 23.9 Å². The number of nitrogens with one attached hydrogen (secondary N) is 1. The summed E-state index contributed by atoms with van der Waals surface area (Å²) >= 11 is 1.57. The van der Waals surface area contributed by atoms with E-state index in [4.69, 9.17) is 5.73 Å². The van der Waals surface area contributed by atoms with E-state index in [0.29, 0.717) is 0 Å². The van der Waals surface area contributed by atoms with Crippen molar-refractivity contribution in [2.75, 3.05) is 5.73 Å². The van der Waals surface area contributed by atoms with E-state index in [-0.39, 0.29) is 0 Å². The number of aryl methyl sites for hydroxylation is 2. The second-order valence-electron chi connectivity index (χ2n) is 4.71. The predicted octanol–water partition coefficient (Wildman–Crippen LogP) is 3.91. The lowest BCUT2D eigenvalue weighted by atomic mass is 10.2. The quantitative estimate of drug-likeness (QED) is 0.693. The molecule has 0 aliphatic rings. The fourth-order valence-corrected chi connectivity index (χ4v) is 2.93. The Bertz CT molecular complexity index is 746. The number of nitrogens with two attached hydrogens (primary N) is 1. The average Bonchev–Trinajstić information content (AvgIpc) is 2.75. The van der Waals surface area contributed by atoms with Gasteiger partial charge >= 0.3 is 0 Å². The highest BCUT2D eigenvalue weighted by Crippen LogP contribution is 2.32. The maximum atomic E-state index is 5.99. The first-order valence-electron chi connectivity index (χ1n) is 6.12. The smallest absolute Gasteiger partial charge is 0.171 e. The topological polar surface area (TPSA) is 54.7 Å². The molecular formula is C15H15N3S. The summed E-state index contributed by atoms with van der Waals surface area (Å²) in [4.78, 5) is 8.94. The third kappa shape index (κ3) is 2.44. The van der Waals surface area contributed by atoms with Gasteiger partial charge in [0.2, 0.25) is 0 Å². The number of nitrogen functional groups attached to an aromatic ring is 1. The summed E-state index contributed by atoms with van der Waals surface area (Å²) in [5.74, 6) is 0. The van der Waals surface area contributed by atoms with E-state index in [1.165, 1.54) is 11.1 Å². The van der Waals surface area contributed by atoms with Crippen LogP contribution in [0.1, 0.15) is 11.1 Å². The third-order valence-corrected chi connectivity index (χ3v) is 3.95. The molecule has 2 aromatic carbocycles. The molecule has 19 heavy (non-hydrogen) atoms. The Morgan fingerprint density at radius 3 is 2.63 bits per heavy atom. The SMILES string of the molecule is Cc1ccc(N)c(Sc2nc3ccc(C)cc3[nH]2)c1. The van der Waals surface area contributed by atoms with Crippen LogP contribution in [-0.2, 0) is 0 Å². The number of imidazole rings is 1. The zero-order valence-electron chi connectivity index (χ0n) is 10.9. The Morgan fingerprint density at radius 2 is 1.79 bits per heavy atom. The van der Waals surface area contributed by atoms with Gasteiger partial charge in [0.1, 0.15) is 0 Å². The van der Waals surface area contributed by atoms with Gasteiger partial charge in [0, 0.05) is 10.6 Å². The lowest BCUT2D eigenvalue weighted by Gasteiger charge is -2.03. The summed E-state index contributed by atoms with van der Waals surface area (Å²) < 4.78 is 0. The number of fused-ring (bicyclic) bond motifs is 1. The maximum absolute atomic E-state index is 5.99. The molecule has 1 heterocycles. The van der Waals surface area contributed by atoms with Crippen LogP contribution in [0, 0.1) is 13.8 Å². The van der Waals surface area contributed by atoms with Gasteiger partial charge in [0.25, 0.3) is 0 Å². The number of benzene rings is 2. The molecule has 0 radical (unpaired) electrons. The fraction of sp³-hybridized carbons (Fsp3) is 0.133. The molecule has 0 aliphatic carbocycles. The molecule has 1 aromatic heterocycles. The van der Waals surface area contributed by atoms with E-state index in [0.717, 1.165) is 26.8 Å². The predicted molar refractivity (Wildman–Crippen MR) is 80.5 cm³/mol. The van der Waals surface area contributed by atoms with E-state index in [9.17, 15) is 0 Å². The van der Waals surface area contributed by atoms with Crippen molar-refractivity contribution in [1.82, 2.24) is 9.97 Å². The normalized spacial score (nSPS) is 11.1. The van der Waals surface area contributed by atoms with Crippen LogP contribution in [0.5, 0.6) is 0 Å². The average molecular weight is 269 g/mol. The molecule has 96 valence electrons. The van der Waals surface area contributed by atoms with Crippen LogP contribution in [0.15, 0.2) is 46.5 Å². The van der Waals surface area contributed by atoms with Gasteiger partial charge in [-0.3, -0.25) is 0 Å². The molecule has 0 bridgehead atoms. The Morgan fingerprint density at radius 1 is 1.05 bits per heavy atom. The van der Waals surface area contributed by atoms with Crippen molar-refractivity contribution in [3.63, 3.8) is 0 Å². The molecule has 0 saturated heterocycles. The number of aromatic amines is 1. The molecule has 4 heteroatoms. The largest absolute Gasteiger partial charge is 0.398 e. The van der Waals surface area contributed by atoms with E-state index in [1.54, 1.807) is 11.8 Å². The van der Waals surface area contributed by atoms with Gasteiger partial charge in [-0.15, -0.1) is 0 Å². The highest BCUT2D eigenvalue weighted by atomic mass is 32.2. The minimum atomic E-state index is 0.784. The van der Waals surface area contributed by atoms with Gasteiger partial charge in [-0.25, -0.2) is 4.98 Å². The Labute approximate surface area is 116 Å². The number of H-pyrrole nitrogens is 1. The molecule has 0 fully saturated rings. The molecule has 0 aliphatic heterocycles. The highest BCUT2D eigenvalue weighted by molar-refractivity contribution is 7.99. The number of nitrogens with zero attached hydrogens (tertiary/aromatic N) is 1. The molecule has 0 spiro atoms.